The second-order valence-corrected chi connectivity index (χ2v) is 5.09. The number of benzene rings is 2. The lowest BCUT2D eigenvalue weighted by atomic mass is 10.1. The number of rotatable bonds is 3. The predicted molar refractivity (Wildman–Crippen MR) is 83.3 cm³/mol. The molecule has 2 aromatic rings. The van der Waals surface area contributed by atoms with Crippen molar-refractivity contribution < 1.29 is 0 Å². The molecule has 0 bridgehead atoms. The van der Waals surface area contributed by atoms with Gasteiger partial charge in [0.05, 0.1) is 11.3 Å². The Morgan fingerprint density at radius 3 is 2.63 bits per heavy atom. The quantitative estimate of drug-likeness (QED) is 0.748. The van der Waals surface area contributed by atoms with Crippen molar-refractivity contribution in [2.75, 3.05) is 11.9 Å². The van der Waals surface area contributed by atoms with E-state index in [1.54, 1.807) is 0 Å². The fourth-order valence-electron chi connectivity index (χ4n) is 1.95. The molecule has 0 fully saturated rings. The van der Waals surface area contributed by atoms with Crippen LogP contribution < -0.4 is 4.90 Å². The van der Waals surface area contributed by atoms with E-state index in [0.717, 1.165) is 22.3 Å². The first kappa shape index (κ1) is 13.9. The molecule has 0 aromatic heterocycles. The summed E-state index contributed by atoms with van der Waals surface area (Å²) in [4.78, 5) is 1.99. The van der Waals surface area contributed by atoms with Crippen LogP contribution in [0.1, 0.15) is 11.1 Å². The zero-order valence-electron chi connectivity index (χ0n) is 10.4. The number of nitrogens with zero attached hydrogens (tertiary/aromatic N) is 2. The Hall–Kier alpha value is -1.50. The number of hydrogen-bond donors (Lipinski definition) is 0. The molecule has 0 aliphatic heterocycles. The molecular weight excluding hydrogens is 324 g/mol. The molecule has 0 atom stereocenters. The smallest absolute Gasteiger partial charge is 0.101 e. The highest BCUT2D eigenvalue weighted by atomic mass is 79.9. The van der Waals surface area contributed by atoms with E-state index in [4.69, 9.17) is 11.6 Å². The summed E-state index contributed by atoms with van der Waals surface area (Å²) in [5, 5.41) is 10.6. The molecule has 0 aliphatic carbocycles. The Bertz CT molecular complexity index is 634. The molecule has 2 nitrogen and oxygen atoms in total. The molecule has 0 heterocycles. The van der Waals surface area contributed by atoms with E-state index in [2.05, 4.69) is 22.0 Å². The van der Waals surface area contributed by atoms with Crippen LogP contribution in [0.3, 0.4) is 0 Å². The highest BCUT2D eigenvalue weighted by Gasteiger charge is 2.12. The van der Waals surface area contributed by atoms with Gasteiger partial charge in [0.15, 0.2) is 0 Å². The number of anilines is 2. The summed E-state index contributed by atoms with van der Waals surface area (Å²) in [5.41, 5.74) is 3.63. The van der Waals surface area contributed by atoms with Crippen LogP contribution in [0.15, 0.2) is 42.5 Å². The van der Waals surface area contributed by atoms with Crippen molar-refractivity contribution in [3.8, 4) is 6.07 Å². The Morgan fingerprint density at radius 2 is 1.95 bits per heavy atom. The van der Waals surface area contributed by atoms with Crippen LogP contribution in [0.4, 0.5) is 11.4 Å². The van der Waals surface area contributed by atoms with Crippen molar-refractivity contribution in [3.05, 3.63) is 58.6 Å². The van der Waals surface area contributed by atoms with Gasteiger partial charge < -0.3 is 4.90 Å². The van der Waals surface area contributed by atoms with Gasteiger partial charge in [-0.15, -0.1) is 0 Å². The second kappa shape index (κ2) is 6.10. The van der Waals surface area contributed by atoms with Gasteiger partial charge in [-0.1, -0.05) is 45.7 Å². The van der Waals surface area contributed by atoms with Gasteiger partial charge in [0, 0.05) is 23.1 Å². The van der Waals surface area contributed by atoms with E-state index < -0.39 is 0 Å². The third-order valence-corrected chi connectivity index (χ3v) is 3.78. The van der Waals surface area contributed by atoms with Crippen molar-refractivity contribution in [2.24, 2.45) is 0 Å². The standard InChI is InChI=1S/C15H12BrClN2/c1-19(14-5-3-2-4-12(14)10-18)15-8-13(17)7-6-11(15)9-16/h2-8H,9H2,1H3. The summed E-state index contributed by atoms with van der Waals surface area (Å²) in [6, 6.07) is 15.5. The van der Waals surface area contributed by atoms with Gasteiger partial charge in [-0.25, -0.2) is 0 Å². The van der Waals surface area contributed by atoms with E-state index >= 15 is 0 Å². The lowest BCUT2D eigenvalue weighted by Gasteiger charge is -2.23. The molecule has 2 rings (SSSR count). The van der Waals surface area contributed by atoms with E-state index in [0.29, 0.717) is 10.6 Å². The Kier molecular flexibility index (Phi) is 4.47. The Morgan fingerprint density at radius 1 is 1.21 bits per heavy atom. The van der Waals surface area contributed by atoms with Crippen molar-refractivity contribution in [1.82, 2.24) is 0 Å². The lowest BCUT2D eigenvalue weighted by Crippen LogP contribution is -2.12. The third-order valence-electron chi connectivity index (χ3n) is 2.94. The fourth-order valence-corrected chi connectivity index (χ4v) is 2.59. The minimum atomic E-state index is 0.644. The van der Waals surface area contributed by atoms with Crippen LogP contribution in [0, 0.1) is 11.3 Å². The molecule has 0 saturated heterocycles. The maximum Gasteiger partial charge on any atom is 0.101 e. The summed E-state index contributed by atoms with van der Waals surface area (Å²) in [6.45, 7) is 0. The van der Waals surface area contributed by atoms with E-state index in [1.807, 2.05) is 54.4 Å². The molecule has 0 aliphatic rings. The number of para-hydroxylation sites is 1. The number of alkyl halides is 1. The minimum absolute atomic E-state index is 0.644. The van der Waals surface area contributed by atoms with E-state index in [-0.39, 0.29) is 0 Å². The molecule has 2 aromatic carbocycles. The van der Waals surface area contributed by atoms with Crippen LogP contribution in [0.25, 0.3) is 0 Å². The molecule has 0 unspecified atom stereocenters. The normalized spacial score (nSPS) is 10.0. The summed E-state index contributed by atoms with van der Waals surface area (Å²) in [7, 11) is 1.94. The summed E-state index contributed by atoms with van der Waals surface area (Å²) < 4.78 is 0. The first-order chi connectivity index (χ1) is 9.17. The van der Waals surface area contributed by atoms with Crippen LogP contribution in [-0.2, 0) is 5.33 Å². The van der Waals surface area contributed by atoms with E-state index in [9.17, 15) is 5.26 Å². The highest BCUT2D eigenvalue weighted by Crippen LogP contribution is 2.32. The van der Waals surface area contributed by atoms with Gasteiger partial charge in [-0.05, 0) is 29.8 Å². The van der Waals surface area contributed by atoms with Crippen molar-refractivity contribution >= 4 is 38.9 Å². The summed E-state index contributed by atoms with van der Waals surface area (Å²) in [6.07, 6.45) is 0. The molecule has 0 saturated carbocycles. The van der Waals surface area contributed by atoms with Gasteiger partial charge in [0.2, 0.25) is 0 Å². The SMILES string of the molecule is CN(c1ccccc1C#N)c1cc(Cl)ccc1CBr. The zero-order valence-corrected chi connectivity index (χ0v) is 12.7. The Balaban J connectivity index is 2.53. The van der Waals surface area contributed by atoms with Crippen molar-refractivity contribution in [2.45, 2.75) is 5.33 Å². The predicted octanol–water partition coefficient (Wildman–Crippen LogP) is 4.87. The van der Waals surface area contributed by atoms with Gasteiger partial charge in [0.25, 0.3) is 0 Å². The average molecular weight is 336 g/mol. The van der Waals surface area contributed by atoms with Crippen LogP contribution in [-0.4, -0.2) is 7.05 Å². The topological polar surface area (TPSA) is 27.0 Å². The first-order valence-corrected chi connectivity index (χ1v) is 7.24. The van der Waals surface area contributed by atoms with Crippen LogP contribution >= 0.6 is 27.5 Å². The summed E-state index contributed by atoms with van der Waals surface area (Å²) >= 11 is 9.55. The molecule has 19 heavy (non-hydrogen) atoms. The molecule has 96 valence electrons. The molecule has 0 amide bonds. The van der Waals surface area contributed by atoms with Crippen molar-refractivity contribution in [3.63, 3.8) is 0 Å². The lowest BCUT2D eigenvalue weighted by molar-refractivity contribution is 1.17. The number of halogens is 2. The largest absolute Gasteiger partial charge is 0.343 e. The maximum atomic E-state index is 9.18. The minimum Gasteiger partial charge on any atom is -0.343 e. The molecule has 4 heteroatoms. The monoisotopic (exact) mass is 334 g/mol. The second-order valence-electron chi connectivity index (χ2n) is 4.09. The first-order valence-electron chi connectivity index (χ1n) is 5.74. The molecular formula is C15H12BrClN2. The van der Waals surface area contributed by atoms with E-state index in [1.165, 1.54) is 0 Å². The zero-order chi connectivity index (χ0) is 13.8. The molecule has 0 spiro atoms. The van der Waals surface area contributed by atoms with Gasteiger partial charge in [-0.3, -0.25) is 0 Å². The van der Waals surface area contributed by atoms with Crippen LogP contribution in [0.2, 0.25) is 5.02 Å². The number of hydrogen-bond acceptors (Lipinski definition) is 2. The van der Waals surface area contributed by atoms with Gasteiger partial charge in [-0.2, -0.15) is 5.26 Å². The van der Waals surface area contributed by atoms with Gasteiger partial charge >= 0.3 is 0 Å². The van der Waals surface area contributed by atoms with Crippen molar-refractivity contribution in [1.29, 1.82) is 5.26 Å². The Labute approximate surface area is 126 Å². The highest BCUT2D eigenvalue weighted by molar-refractivity contribution is 9.08. The summed E-state index contributed by atoms with van der Waals surface area (Å²) in [5.74, 6) is 0. The van der Waals surface area contributed by atoms with Crippen LogP contribution in [0.5, 0.6) is 0 Å². The molecule has 0 N–H and O–H groups in total. The number of nitriles is 1. The molecule has 0 radical (unpaired) electrons. The van der Waals surface area contributed by atoms with Gasteiger partial charge in [0.1, 0.15) is 6.07 Å². The maximum absolute atomic E-state index is 9.18. The fraction of sp³-hybridized carbons (Fsp3) is 0.133. The third kappa shape index (κ3) is 2.91. The average Bonchev–Trinajstić information content (AvgIpc) is 2.46.